The third kappa shape index (κ3) is 3.48. The molecule has 0 amide bonds. The number of aliphatic imine (C=N–C) groups is 1. The number of alkyl halides is 3. The first kappa shape index (κ1) is 19.7. The molecular formula is C21H14ClF4N5. The van der Waals surface area contributed by atoms with Crippen LogP contribution in [0.25, 0.3) is 11.2 Å². The summed E-state index contributed by atoms with van der Waals surface area (Å²) in [6.07, 6.45) is 3.03. The van der Waals surface area contributed by atoms with Crippen molar-refractivity contribution >= 4 is 28.6 Å². The number of fused-ring (bicyclic) bond motifs is 2. The van der Waals surface area contributed by atoms with Gasteiger partial charge in [0.1, 0.15) is 17.2 Å². The fourth-order valence-corrected chi connectivity index (χ4v) is 4.28. The Morgan fingerprint density at radius 2 is 1.97 bits per heavy atom. The molecule has 0 aliphatic carbocycles. The van der Waals surface area contributed by atoms with Gasteiger partial charge in [-0.1, -0.05) is 23.7 Å². The van der Waals surface area contributed by atoms with Gasteiger partial charge < -0.3 is 9.88 Å². The lowest BCUT2D eigenvalue weighted by Crippen LogP contribution is -2.34. The zero-order valence-electron chi connectivity index (χ0n) is 15.8. The van der Waals surface area contributed by atoms with Gasteiger partial charge in [-0.25, -0.2) is 4.98 Å². The van der Waals surface area contributed by atoms with E-state index in [1.807, 2.05) is 29.3 Å². The van der Waals surface area contributed by atoms with Gasteiger partial charge in [0.25, 0.3) is 0 Å². The van der Waals surface area contributed by atoms with E-state index in [9.17, 15) is 17.6 Å². The van der Waals surface area contributed by atoms with Crippen molar-refractivity contribution in [3.8, 4) is 0 Å². The molecule has 4 heterocycles. The van der Waals surface area contributed by atoms with Crippen LogP contribution in [0, 0.1) is 5.95 Å². The van der Waals surface area contributed by atoms with Crippen LogP contribution in [0.15, 0.2) is 59.8 Å². The number of pyridine rings is 1. The van der Waals surface area contributed by atoms with Crippen molar-refractivity contribution in [3.05, 3.63) is 82.7 Å². The normalized spacial score (nSPS) is 20.4. The second-order valence-corrected chi connectivity index (χ2v) is 7.80. The zero-order chi connectivity index (χ0) is 21.8. The fourth-order valence-electron chi connectivity index (χ4n) is 3.92. The number of aromatic amines is 1. The van der Waals surface area contributed by atoms with Gasteiger partial charge in [0.05, 0.1) is 17.6 Å². The highest BCUT2D eigenvalue weighted by molar-refractivity contribution is 6.31. The molecule has 10 heteroatoms. The van der Waals surface area contributed by atoms with Gasteiger partial charge in [-0.05, 0) is 36.4 Å². The van der Waals surface area contributed by atoms with E-state index in [0.29, 0.717) is 29.3 Å². The smallest absolute Gasteiger partial charge is 0.341 e. The molecule has 2 aliphatic heterocycles. The minimum atomic E-state index is -4.51. The van der Waals surface area contributed by atoms with Gasteiger partial charge in [-0.15, -0.1) is 0 Å². The number of imidazole rings is 1. The highest BCUT2D eigenvalue weighted by atomic mass is 35.5. The summed E-state index contributed by atoms with van der Waals surface area (Å²) in [5, 5.41) is -0.0349. The van der Waals surface area contributed by atoms with Gasteiger partial charge >= 0.3 is 6.18 Å². The molecule has 0 radical (unpaired) electrons. The van der Waals surface area contributed by atoms with Gasteiger partial charge in [-0.3, -0.25) is 4.99 Å². The molecule has 2 aromatic heterocycles. The predicted octanol–water partition coefficient (Wildman–Crippen LogP) is 5.00. The Morgan fingerprint density at radius 3 is 2.71 bits per heavy atom. The SMILES string of the molecule is Fc1ccc2[nH]c(CC3(c4ccc(C(F)(F)F)cc4Cl)CN4C=CC=CC4=N3)nc2n1. The second-order valence-electron chi connectivity index (χ2n) is 7.39. The largest absolute Gasteiger partial charge is 0.416 e. The maximum absolute atomic E-state index is 13.5. The van der Waals surface area contributed by atoms with Crippen molar-refractivity contribution in [1.82, 2.24) is 19.9 Å². The third-order valence-electron chi connectivity index (χ3n) is 5.30. The average molecular weight is 448 g/mol. The minimum absolute atomic E-state index is 0.0349. The molecule has 0 saturated heterocycles. The monoisotopic (exact) mass is 447 g/mol. The van der Waals surface area contributed by atoms with E-state index in [1.54, 1.807) is 0 Å². The molecule has 31 heavy (non-hydrogen) atoms. The highest BCUT2D eigenvalue weighted by Crippen LogP contribution is 2.42. The van der Waals surface area contributed by atoms with Crippen LogP contribution in [-0.4, -0.2) is 32.2 Å². The number of benzene rings is 1. The van der Waals surface area contributed by atoms with Crippen LogP contribution in [0.1, 0.15) is 17.0 Å². The molecule has 0 saturated carbocycles. The Balaban J connectivity index is 1.62. The summed E-state index contributed by atoms with van der Waals surface area (Å²) >= 11 is 6.35. The Morgan fingerprint density at radius 1 is 1.13 bits per heavy atom. The number of halogens is 5. The number of H-pyrrole nitrogens is 1. The van der Waals surface area contributed by atoms with Crippen LogP contribution in [0.3, 0.4) is 0 Å². The van der Waals surface area contributed by atoms with E-state index in [0.717, 1.165) is 12.1 Å². The lowest BCUT2D eigenvalue weighted by Gasteiger charge is -2.28. The standard InChI is InChI=1S/C21H14ClF4N5/c22-14-9-12(21(24,25)26)4-5-13(14)20(11-31-8-2-1-3-18(31)30-20)10-17-27-15-6-7-16(23)28-19(15)29-17/h1-9H,10-11H2,(H,27,28,29). The summed E-state index contributed by atoms with van der Waals surface area (Å²) in [7, 11) is 0. The Labute approximate surface area is 178 Å². The minimum Gasteiger partial charge on any atom is -0.341 e. The topological polar surface area (TPSA) is 57.2 Å². The molecule has 2 aliphatic rings. The molecular weight excluding hydrogens is 434 g/mol. The van der Waals surface area contributed by atoms with Crippen molar-refractivity contribution < 1.29 is 17.6 Å². The molecule has 5 rings (SSSR count). The summed E-state index contributed by atoms with van der Waals surface area (Å²) in [6.45, 7) is 0.354. The molecule has 1 unspecified atom stereocenters. The van der Waals surface area contributed by atoms with Crippen molar-refractivity contribution in [2.24, 2.45) is 4.99 Å². The number of amidine groups is 1. The number of nitrogens with zero attached hydrogens (tertiary/aromatic N) is 4. The molecule has 3 aromatic rings. The van der Waals surface area contributed by atoms with E-state index in [1.165, 1.54) is 18.2 Å². The molecule has 1 aromatic carbocycles. The molecule has 0 fully saturated rings. The van der Waals surface area contributed by atoms with Crippen LogP contribution >= 0.6 is 11.6 Å². The average Bonchev–Trinajstić information content (AvgIpc) is 3.27. The van der Waals surface area contributed by atoms with Crippen LogP contribution in [0.5, 0.6) is 0 Å². The first-order chi connectivity index (χ1) is 14.7. The van der Waals surface area contributed by atoms with Gasteiger partial charge in [0.2, 0.25) is 5.95 Å². The number of allylic oxidation sites excluding steroid dienone is 2. The Bertz CT molecular complexity index is 1280. The molecule has 5 nitrogen and oxygen atoms in total. The Hall–Kier alpha value is -3.20. The van der Waals surface area contributed by atoms with Gasteiger partial charge in [0.15, 0.2) is 5.65 Å². The predicted molar refractivity (Wildman–Crippen MR) is 108 cm³/mol. The quantitative estimate of drug-likeness (QED) is 0.454. The maximum atomic E-state index is 13.5. The van der Waals surface area contributed by atoms with Crippen LogP contribution < -0.4 is 0 Å². The molecule has 158 valence electrons. The first-order valence-electron chi connectivity index (χ1n) is 9.33. The molecule has 1 N–H and O–H groups in total. The van der Waals surface area contributed by atoms with Crippen molar-refractivity contribution in [2.45, 2.75) is 18.1 Å². The number of hydrogen-bond donors (Lipinski definition) is 1. The summed E-state index contributed by atoms with van der Waals surface area (Å²) in [4.78, 5) is 17.9. The summed E-state index contributed by atoms with van der Waals surface area (Å²) < 4.78 is 52.9. The second kappa shape index (κ2) is 6.91. The molecule has 0 bridgehead atoms. The number of hydrogen-bond acceptors (Lipinski definition) is 4. The maximum Gasteiger partial charge on any atom is 0.416 e. The number of aromatic nitrogens is 3. The van der Waals surface area contributed by atoms with E-state index in [2.05, 4.69) is 15.0 Å². The van der Waals surface area contributed by atoms with Crippen molar-refractivity contribution in [3.63, 3.8) is 0 Å². The lowest BCUT2D eigenvalue weighted by atomic mass is 9.86. The number of nitrogens with one attached hydrogen (secondary N) is 1. The first-order valence-corrected chi connectivity index (χ1v) is 9.71. The summed E-state index contributed by atoms with van der Waals surface area (Å²) in [6, 6.07) is 6.03. The van der Waals surface area contributed by atoms with E-state index < -0.39 is 23.2 Å². The summed E-state index contributed by atoms with van der Waals surface area (Å²) in [5.74, 6) is 0.486. The Kier molecular flexibility index (Phi) is 4.40. The fraction of sp³-hybridized carbons (Fsp3) is 0.190. The van der Waals surface area contributed by atoms with Crippen LogP contribution in [0.2, 0.25) is 5.02 Å². The van der Waals surface area contributed by atoms with E-state index in [-0.39, 0.29) is 17.1 Å². The van der Waals surface area contributed by atoms with Gasteiger partial charge in [0, 0.05) is 23.2 Å². The van der Waals surface area contributed by atoms with E-state index in [4.69, 9.17) is 16.6 Å². The van der Waals surface area contributed by atoms with E-state index >= 15 is 0 Å². The number of rotatable bonds is 3. The van der Waals surface area contributed by atoms with Gasteiger partial charge in [-0.2, -0.15) is 22.5 Å². The highest BCUT2D eigenvalue weighted by Gasteiger charge is 2.43. The summed E-state index contributed by atoms with van der Waals surface area (Å²) in [5.41, 5.74) is -0.615. The zero-order valence-corrected chi connectivity index (χ0v) is 16.5. The van der Waals surface area contributed by atoms with Crippen molar-refractivity contribution in [2.75, 3.05) is 6.54 Å². The van der Waals surface area contributed by atoms with Crippen LogP contribution in [-0.2, 0) is 18.1 Å². The molecule has 1 atom stereocenters. The molecule has 0 spiro atoms. The van der Waals surface area contributed by atoms with Crippen molar-refractivity contribution in [1.29, 1.82) is 0 Å². The lowest BCUT2D eigenvalue weighted by molar-refractivity contribution is -0.137. The third-order valence-corrected chi connectivity index (χ3v) is 5.61. The van der Waals surface area contributed by atoms with Crippen LogP contribution in [0.4, 0.5) is 17.6 Å².